The highest BCUT2D eigenvalue weighted by atomic mass is 16.5. The minimum atomic E-state index is -0.0665. The maximum atomic E-state index is 11.8. The molecular formula is C17H25NO3. The topological polar surface area (TPSA) is 47.6 Å². The van der Waals surface area contributed by atoms with E-state index < -0.39 is 0 Å². The minimum absolute atomic E-state index is 0.0339. The summed E-state index contributed by atoms with van der Waals surface area (Å²) in [5, 5.41) is 2.97. The number of rotatable bonds is 6. The summed E-state index contributed by atoms with van der Waals surface area (Å²) in [6.07, 6.45) is 6.37. The standard InChI is InChI=1S/C17H25NO3/c1-13-8-9-15(16(10-13)20-2)21-12-17(19)18-11-14-6-4-3-5-7-14/h8-10,14H,3-7,11-12H2,1-2H3,(H,18,19). The Morgan fingerprint density at radius 3 is 2.71 bits per heavy atom. The lowest BCUT2D eigenvalue weighted by Crippen LogP contribution is -2.33. The van der Waals surface area contributed by atoms with Crippen LogP contribution in [0.15, 0.2) is 18.2 Å². The van der Waals surface area contributed by atoms with Crippen LogP contribution in [0.4, 0.5) is 0 Å². The molecular weight excluding hydrogens is 266 g/mol. The molecule has 0 aromatic heterocycles. The van der Waals surface area contributed by atoms with Gasteiger partial charge < -0.3 is 14.8 Å². The molecule has 0 aliphatic heterocycles. The van der Waals surface area contributed by atoms with Crippen LogP contribution in [0, 0.1) is 12.8 Å². The molecule has 1 aromatic rings. The number of benzene rings is 1. The lowest BCUT2D eigenvalue weighted by molar-refractivity contribution is -0.123. The van der Waals surface area contributed by atoms with Crippen molar-refractivity contribution in [1.29, 1.82) is 0 Å². The van der Waals surface area contributed by atoms with Gasteiger partial charge in [0.2, 0.25) is 0 Å². The molecule has 0 radical (unpaired) electrons. The van der Waals surface area contributed by atoms with Crippen LogP contribution < -0.4 is 14.8 Å². The third-order valence-electron chi connectivity index (χ3n) is 3.99. The van der Waals surface area contributed by atoms with Crippen molar-refractivity contribution in [3.8, 4) is 11.5 Å². The van der Waals surface area contributed by atoms with E-state index in [9.17, 15) is 4.79 Å². The van der Waals surface area contributed by atoms with E-state index in [1.165, 1.54) is 32.1 Å². The highest BCUT2D eigenvalue weighted by Gasteiger charge is 2.14. The quantitative estimate of drug-likeness (QED) is 0.876. The van der Waals surface area contributed by atoms with Crippen molar-refractivity contribution in [1.82, 2.24) is 5.32 Å². The van der Waals surface area contributed by atoms with Gasteiger partial charge >= 0.3 is 0 Å². The Labute approximate surface area is 126 Å². The van der Waals surface area contributed by atoms with Crippen molar-refractivity contribution in [2.75, 3.05) is 20.3 Å². The normalized spacial score (nSPS) is 15.5. The molecule has 1 aliphatic rings. The van der Waals surface area contributed by atoms with Crippen molar-refractivity contribution in [2.24, 2.45) is 5.92 Å². The van der Waals surface area contributed by atoms with E-state index in [0.29, 0.717) is 17.4 Å². The van der Waals surface area contributed by atoms with Crippen molar-refractivity contribution in [3.05, 3.63) is 23.8 Å². The van der Waals surface area contributed by atoms with E-state index in [1.54, 1.807) is 7.11 Å². The van der Waals surface area contributed by atoms with Crippen molar-refractivity contribution in [2.45, 2.75) is 39.0 Å². The van der Waals surface area contributed by atoms with E-state index in [2.05, 4.69) is 5.32 Å². The van der Waals surface area contributed by atoms with Gasteiger partial charge in [-0.2, -0.15) is 0 Å². The van der Waals surface area contributed by atoms with Gasteiger partial charge in [-0.05, 0) is 43.4 Å². The van der Waals surface area contributed by atoms with Gasteiger partial charge in [0, 0.05) is 6.54 Å². The molecule has 0 spiro atoms. The SMILES string of the molecule is COc1cc(C)ccc1OCC(=O)NCC1CCCCC1. The molecule has 1 fully saturated rings. The molecule has 1 amide bonds. The van der Waals surface area contributed by atoms with Crippen LogP contribution in [0.1, 0.15) is 37.7 Å². The summed E-state index contributed by atoms with van der Waals surface area (Å²) >= 11 is 0. The smallest absolute Gasteiger partial charge is 0.257 e. The van der Waals surface area contributed by atoms with E-state index in [0.717, 1.165) is 12.1 Å². The summed E-state index contributed by atoms with van der Waals surface area (Å²) in [7, 11) is 1.60. The molecule has 1 N–H and O–H groups in total. The summed E-state index contributed by atoms with van der Waals surface area (Å²) in [5.41, 5.74) is 1.10. The van der Waals surface area contributed by atoms with Gasteiger partial charge in [0.15, 0.2) is 18.1 Å². The predicted octanol–water partition coefficient (Wildman–Crippen LogP) is 3.08. The van der Waals surface area contributed by atoms with Gasteiger partial charge in [-0.25, -0.2) is 0 Å². The second-order valence-electron chi connectivity index (χ2n) is 5.75. The summed E-state index contributed by atoms with van der Waals surface area (Å²) in [6.45, 7) is 2.79. The fourth-order valence-corrected chi connectivity index (χ4v) is 2.74. The van der Waals surface area contributed by atoms with Crippen molar-refractivity contribution in [3.63, 3.8) is 0 Å². The van der Waals surface area contributed by atoms with Gasteiger partial charge in [0.05, 0.1) is 7.11 Å². The predicted molar refractivity (Wildman–Crippen MR) is 82.8 cm³/mol. The Hall–Kier alpha value is -1.71. The number of aryl methyl sites for hydroxylation is 1. The highest BCUT2D eigenvalue weighted by Crippen LogP contribution is 2.27. The van der Waals surface area contributed by atoms with Crippen LogP contribution in [0.25, 0.3) is 0 Å². The Balaban J connectivity index is 1.75. The van der Waals surface area contributed by atoms with Gasteiger partial charge in [-0.1, -0.05) is 25.3 Å². The molecule has 116 valence electrons. The second-order valence-corrected chi connectivity index (χ2v) is 5.75. The van der Waals surface area contributed by atoms with Crippen LogP contribution in [0.2, 0.25) is 0 Å². The van der Waals surface area contributed by atoms with Crippen molar-refractivity contribution < 1.29 is 14.3 Å². The Bertz CT molecular complexity index is 467. The fourth-order valence-electron chi connectivity index (χ4n) is 2.74. The van der Waals surface area contributed by atoms with E-state index in [1.807, 2.05) is 25.1 Å². The number of hydrogen-bond donors (Lipinski definition) is 1. The monoisotopic (exact) mass is 291 g/mol. The van der Waals surface area contributed by atoms with E-state index in [4.69, 9.17) is 9.47 Å². The Kier molecular flexibility index (Phi) is 5.90. The summed E-state index contributed by atoms with van der Waals surface area (Å²) in [4.78, 5) is 11.8. The van der Waals surface area contributed by atoms with E-state index >= 15 is 0 Å². The van der Waals surface area contributed by atoms with Gasteiger partial charge in [0.1, 0.15) is 0 Å². The van der Waals surface area contributed by atoms with Crippen LogP contribution >= 0.6 is 0 Å². The zero-order valence-electron chi connectivity index (χ0n) is 13.0. The highest BCUT2D eigenvalue weighted by molar-refractivity contribution is 5.77. The van der Waals surface area contributed by atoms with Gasteiger partial charge in [-0.15, -0.1) is 0 Å². The number of carbonyl (C=O) groups excluding carboxylic acids is 1. The average Bonchev–Trinajstić information content (AvgIpc) is 2.52. The third kappa shape index (κ3) is 4.96. The number of hydrogen-bond acceptors (Lipinski definition) is 3. The van der Waals surface area contributed by atoms with Crippen LogP contribution in [-0.2, 0) is 4.79 Å². The third-order valence-corrected chi connectivity index (χ3v) is 3.99. The Morgan fingerprint density at radius 1 is 1.24 bits per heavy atom. The molecule has 1 aromatic carbocycles. The minimum Gasteiger partial charge on any atom is -0.493 e. The first-order valence-electron chi connectivity index (χ1n) is 7.73. The van der Waals surface area contributed by atoms with Crippen molar-refractivity contribution >= 4 is 5.91 Å². The maximum Gasteiger partial charge on any atom is 0.257 e. The first-order valence-corrected chi connectivity index (χ1v) is 7.73. The molecule has 0 heterocycles. The Morgan fingerprint density at radius 2 is 2.00 bits per heavy atom. The van der Waals surface area contributed by atoms with Crippen LogP contribution in [0.5, 0.6) is 11.5 Å². The summed E-state index contributed by atoms with van der Waals surface area (Å²) in [6, 6.07) is 5.68. The lowest BCUT2D eigenvalue weighted by atomic mass is 9.89. The largest absolute Gasteiger partial charge is 0.493 e. The average molecular weight is 291 g/mol. The first kappa shape index (κ1) is 15.7. The molecule has 0 atom stereocenters. The zero-order valence-corrected chi connectivity index (χ0v) is 13.0. The molecule has 0 unspecified atom stereocenters. The number of carbonyl (C=O) groups is 1. The molecule has 1 saturated carbocycles. The summed E-state index contributed by atoms with van der Waals surface area (Å²) in [5.74, 6) is 1.84. The molecule has 0 bridgehead atoms. The number of amides is 1. The lowest BCUT2D eigenvalue weighted by Gasteiger charge is -2.21. The van der Waals surface area contributed by atoms with Crippen LogP contribution in [0.3, 0.4) is 0 Å². The number of ether oxygens (including phenoxy) is 2. The zero-order chi connectivity index (χ0) is 15.1. The first-order chi connectivity index (χ1) is 10.2. The molecule has 4 nitrogen and oxygen atoms in total. The molecule has 2 rings (SSSR count). The molecule has 21 heavy (non-hydrogen) atoms. The number of methoxy groups -OCH3 is 1. The summed E-state index contributed by atoms with van der Waals surface area (Å²) < 4.78 is 10.8. The van der Waals surface area contributed by atoms with Crippen LogP contribution in [-0.4, -0.2) is 26.2 Å². The molecule has 0 saturated heterocycles. The maximum absolute atomic E-state index is 11.8. The van der Waals surface area contributed by atoms with E-state index in [-0.39, 0.29) is 12.5 Å². The van der Waals surface area contributed by atoms with Gasteiger partial charge in [-0.3, -0.25) is 4.79 Å². The second kappa shape index (κ2) is 7.91. The van der Waals surface area contributed by atoms with Gasteiger partial charge in [0.25, 0.3) is 5.91 Å². The molecule has 1 aliphatic carbocycles. The molecule has 4 heteroatoms. The fraction of sp³-hybridized carbons (Fsp3) is 0.588. The number of nitrogens with one attached hydrogen (secondary N) is 1.